The first-order valence-corrected chi connectivity index (χ1v) is 9.66. The Kier molecular flexibility index (Phi) is 3.44. The van der Waals surface area contributed by atoms with Gasteiger partial charge in [-0.15, -0.1) is 0 Å². The molecule has 5 aliphatic rings. The van der Waals surface area contributed by atoms with Crippen molar-refractivity contribution in [2.75, 3.05) is 18.6 Å². The summed E-state index contributed by atoms with van der Waals surface area (Å²) in [7, 11) is 1.40. The third kappa shape index (κ3) is 2.33. The van der Waals surface area contributed by atoms with Crippen LogP contribution in [0.5, 0.6) is 0 Å². The van der Waals surface area contributed by atoms with Crippen LogP contribution in [0.4, 0.5) is 5.69 Å². The maximum atomic E-state index is 13.4. The predicted octanol–water partition coefficient (Wildman–Crippen LogP) is 3.43. The maximum Gasteiger partial charge on any atom is 0.337 e. The lowest BCUT2D eigenvalue weighted by Gasteiger charge is -2.54. The lowest BCUT2D eigenvalue weighted by Crippen LogP contribution is -2.51. The minimum Gasteiger partial charge on any atom is -0.465 e. The summed E-state index contributed by atoms with van der Waals surface area (Å²) in [6.45, 7) is 0.752. The van der Waals surface area contributed by atoms with Gasteiger partial charge in [0.2, 0.25) is 5.91 Å². The topological polar surface area (TPSA) is 46.6 Å². The van der Waals surface area contributed by atoms with Gasteiger partial charge in [0.1, 0.15) is 0 Å². The van der Waals surface area contributed by atoms with E-state index in [9.17, 15) is 9.59 Å². The highest BCUT2D eigenvalue weighted by Crippen LogP contribution is 2.57. The number of fused-ring (bicyclic) bond motifs is 1. The summed E-state index contributed by atoms with van der Waals surface area (Å²) in [6.07, 6.45) is 7.32. The monoisotopic (exact) mass is 339 g/mol. The number of methoxy groups -OCH3 is 1. The van der Waals surface area contributed by atoms with Crippen molar-refractivity contribution in [3.63, 3.8) is 0 Å². The van der Waals surface area contributed by atoms with Gasteiger partial charge in [-0.1, -0.05) is 0 Å². The third-order valence-corrected chi connectivity index (χ3v) is 7.17. The van der Waals surface area contributed by atoms with Crippen molar-refractivity contribution in [3.05, 3.63) is 29.3 Å². The fraction of sp³-hybridized carbons (Fsp3) is 0.619. The minimum atomic E-state index is -0.311. The molecule has 1 amide bonds. The van der Waals surface area contributed by atoms with Crippen LogP contribution in [0.1, 0.15) is 48.0 Å². The van der Waals surface area contributed by atoms with Gasteiger partial charge >= 0.3 is 5.97 Å². The second-order valence-corrected chi connectivity index (χ2v) is 8.53. The van der Waals surface area contributed by atoms with Crippen LogP contribution in [0.25, 0.3) is 0 Å². The molecule has 0 N–H and O–H groups in total. The van der Waals surface area contributed by atoms with E-state index in [1.807, 2.05) is 17.0 Å². The number of benzene rings is 1. The highest BCUT2D eigenvalue weighted by Gasteiger charge is 2.52. The second-order valence-electron chi connectivity index (χ2n) is 8.53. The van der Waals surface area contributed by atoms with Crippen molar-refractivity contribution in [2.45, 2.75) is 38.5 Å². The largest absolute Gasteiger partial charge is 0.465 e. The first-order valence-electron chi connectivity index (χ1n) is 9.66. The van der Waals surface area contributed by atoms with Crippen molar-refractivity contribution in [1.82, 2.24) is 0 Å². The van der Waals surface area contributed by atoms with E-state index in [0.29, 0.717) is 23.3 Å². The zero-order chi connectivity index (χ0) is 17.1. The Morgan fingerprint density at radius 1 is 1.04 bits per heavy atom. The number of hydrogen-bond donors (Lipinski definition) is 0. The Morgan fingerprint density at radius 3 is 2.36 bits per heavy atom. The summed E-state index contributed by atoms with van der Waals surface area (Å²) < 4.78 is 4.81. The molecule has 4 nitrogen and oxygen atoms in total. The van der Waals surface area contributed by atoms with Crippen molar-refractivity contribution >= 4 is 17.6 Å². The molecule has 4 aliphatic carbocycles. The first kappa shape index (κ1) is 15.4. The molecule has 25 heavy (non-hydrogen) atoms. The molecular formula is C21H25NO3. The zero-order valence-corrected chi connectivity index (χ0v) is 14.7. The standard InChI is InChI=1S/C21H25NO3/c1-25-21(24)15-2-3-18-14(11-15)4-5-22(18)20(23)19-16-7-12-6-13(9-16)10-17(19)8-12/h2-3,11-13,16-17,19H,4-10H2,1H3. The number of anilines is 1. The van der Waals surface area contributed by atoms with E-state index in [1.54, 1.807) is 6.07 Å². The molecule has 4 fully saturated rings. The Morgan fingerprint density at radius 2 is 1.72 bits per heavy atom. The van der Waals surface area contributed by atoms with Gasteiger partial charge in [-0.2, -0.15) is 0 Å². The Labute approximate surface area is 148 Å². The van der Waals surface area contributed by atoms with Crippen molar-refractivity contribution in [2.24, 2.45) is 29.6 Å². The summed E-state index contributed by atoms with van der Waals surface area (Å²) in [5.41, 5.74) is 2.68. The molecular weight excluding hydrogens is 314 g/mol. The summed E-state index contributed by atoms with van der Waals surface area (Å²) in [5, 5.41) is 0. The predicted molar refractivity (Wildman–Crippen MR) is 94.4 cm³/mol. The molecule has 4 bridgehead atoms. The average Bonchev–Trinajstić information content (AvgIpc) is 3.03. The van der Waals surface area contributed by atoms with Gasteiger partial charge < -0.3 is 9.64 Å². The maximum absolute atomic E-state index is 13.4. The SMILES string of the molecule is COC(=O)c1ccc2c(c1)CCN2C(=O)C1C2CC3CC(C2)CC1C3. The van der Waals surface area contributed by atoms with Crippen LogP contribution in [0.15, 0.2) is 18.2 Å². The van der Waals surface area contributed by atoms with Gasteiger partial charge in [0, 0.05) is 18.2 Å². The van der Waals surface area contributed by atoms with E-state index in [1.165, 1.54) is 39.2 Å². The number of amides is 1. The number of carbonyl (C=O) groups is 2. The second kappa shape index (κ2) is 5.58. The summed E-state index contributed by atoms with van der Waals surface area (Å²) in [6, 6.07) is 5.61. The van der Waals surface area contributed by atoms with E-state index >= 15 is 0 Å². The van der Waals surface area contributed by atoms with Crippen LogP contribution in [0.3, 0.4) is 0 Å². The number of rotatable bonds is 2. The number of esters is 1. The molecule has 1 aromatic rings. The molecule has 0 saturated heterocycles. The molecule has 0 spiro atoms. The lowest BCUT2D eigenvalue weighted by molar-refractivity contribution is -0.135. The molecule has 4 heteroatoms. The Hall–Kier alpha value is -1.84. The number of ether oxygens (including phenoxy) is 1. The lowest BCUT2D eigenvalue weighted by atomic mass is 9.51. The van der Waals surface area contributed by atoms with E-state index in [-0.39, 0.29) is 11.9 Å². The van der Waals surface area contributed by atoms with Gasteiger partial charge in [0.05, 0.1) is 12.7 Å². The van der Waals surface area contributed by atoms with Crippen LogP contribution < -0.4 is 4.90 Å². The van der Waals surface area contributed by atoms with Crippen molar-refractivity contribution < 1.29 is 14.3 Å². The van der Waals surface area contributed by atoms with Crippen LogP contribution in [-0.4, -0.2) is 25.5 Å². The van der Waals surface area contributed by atoms with Gasteiger partial charge in [-0.05, 0) is 86.0 Å². The van der Waals surface area contributed by atoms with Crippen LogP contribution in [-0.2, 0) is 16.0 Å². The third-order valence-electron chi connectivity index (χ3n) is 7.17. The van der Waals surface area contributed by atoms with E-state index < -0.39 is 0 Å². The smallest absolute Gasteiger partial charge is 0.337 e. The quantitative estimate of drug-likeness (QED) is 0.776. The summed E-state index contributed by atoms with van der Waals surface area (Å²) in [4.78, 5) is 27.2. The van der Waals surface area contributed by atoms with Crippen LogP contribution in [0.2, 0.25) is 0 Å². The average molecular weight is 339 g/mol. The van der Waals surface area contributed by atoms with E-state index in [0.717, 1.165) is 36.1 Å². The Bertz CT molecular complexity index is 713. The van der Waals surface area contributed by atoms with Crippen molar-refractivity contribution in [3.8, 4) is 0 Å². The Balaban J connectivity index is 1.40. The molecule has 1 heterocycles. The van der Waals surface area contributed by atoms with Gasteiger partial charge in [0.25, 0.3) is 0 Å². The highest BCUT2D eigenvalue weighted by atomic mass is 16.5. The summed E-state index contributed by atoms with van der Waals surface area (Å²) >= 11 is 0. The highest BCUT2D eigenvalue weighted by molar-refractivity contribution is 5.98. The van der Waals surface area contributed by atoms with Gasteiger partial charge in [0.15, 0.2) is 0 Å². The minimum absolute atomic E-state index is 0.235. The van der Waals surface area contributed by atoms with Crippen LogP contribution >= 0.6 is 0 Å². The molecule has 1 aromatic carbocycles. The molecule has 4 saturated carbocycles. The van der Waals surface area contributed by atoms with Crippen LogP contribution in [0, 0.1) is 29.6 Å². The molecule has 132 valence electrons. The normalized spacial score (nSPS) is 34.9. The zero-order valence-electron chi connectivity index (χ0n) is 14.7. The number of hydrogen-bond acceptors (Lipinski definition) is 3. The van der Waals surface area contributed by atoms with Gasteiger partial charge in [-0.25, -0.2) is 4.79 Å². The van der Waals surface area contributed by atoms with E-state index in [2.05, 4.69) is 0 Å². The number of carbonyl (C=O) groups excluding carboxylic acids is 2. The molecule has 1 aliphatic heterocycles. The van der Waals surface area contributed by atoms with E-state index in [4.69, 9.17) is 4.74 Å². The fourth-order valence-corrected chi connectivity index (χ4v) is 6.38. The summed E-state index contributed by atoms with van der Waals surface area (Å²) in [5.74, 6) is 3.27. The number of nitrogens with zero attached hydrogens (tertiary/aromatic N) is 1. The molecule has 0 aromatic heterocycles. The van der Waals surface area contributed by atoms with Gasteiger partial charge in [-0.3, -0.25) is 4.79 Å². The first-order chi connectivity index (χ1) is 12.1. The molecule has 6 rings (SSSR count). The molecule has 0 unspecified atom stereocenters. The molecule has 0 radical (unpaired) electrons. The fourth-order valence-electron chi connectivity index (χ4n) is 6.38. The molecule has 0 atom stereocenters. The van der Waals surface area contributed by atoms with Crippen molar-refractivity contribution in [1.29, 1.82) is 0 Å².